The smallest absolute Gasteiger partial charge is 0.351 e. The van der Waals surface area contributed by atoms with Gasteiger partial charge in [-0.25, -0.2) is 9.78 Å². The van der Waals surface area contributed by atoms with Gasteiger partial charge in [0.25, 0.3) is 0 Å². The minimum absolute atomic E-state index is 0.167. The molecule has 0 aliphatic carbocycles. The molecule has 130 valence electrons. The van der Waals surface area contributed by atoms with Gasteiger partial charge in [0.15, 0.2) is 0 Å². The van der Waals surface area contributed by atoms with E-state index in [4.69, 9.17) is 9.15 Å². The van der Waals surface area contributed by atoms with Crippen LogP contribution in [0.1, 0.15) is 11.3 Å². The number of carbonyl (C=O) groups excluding carboxylic acids is 1. The van der Waals surface area contributed by atoms with E-state index in [0.717, 1.165) is 5.56 Å². The van der Waals surface area contributed by atoms with Gasteiger partial charge in [-0.2, -0.15) is 0 Å². The molecule has 1 heterocycles. The van der Waals surface area contributed by atoms with Crippen molar-refractivity contribution in [2.24, 2.45) is 0 Å². The fourth-order valence-electron chi connectivity index (χ4n) is 2.39. The number of hydrogen-bond acceptors (Lipinski definition) is 5. The van der Waals surface area contributed by atoms with E-state index >= 15 is 0 Å². The molecule has 0 saturated heterocycles. The number of aliphatic hydroxyl groups is 1. The van der Waals surface area contributed by atoms with Crippen LogP contribution in [0.15, 0.2) is 71.3 Å². The summed E-state index contributed by atoms with van der Waals surface area (Å²) in [7, 11) is 1.20. The summed E-state index contributed by atoms with van der Waals surface area (Å²) in [5.41, 5.74) is -0.550. The van der Waals surface area contributed by atoms with Crippen LogP contribution in [-0.4, -0.2) is 28.8 Å². The Morgan fingerprint density at radius 3 is 2.46 bits per heavy atom. The molecule has 0 saturated carbocycles. The normalized spacial score (nSPS) is 12.5. The van der Waals surface area contributed by atoms with E-state index in [1.807, 2.05) is 48.5 Å². The number of carbonyl (C=O) groups is 1. The van der Waals surface area contributed by atoms with Gasteiger partial charge in [0.1, 0.15) is 5.76 Å². The number of nitrogens with zero attached hydrogens (tertiary/aromatic N) is 1. The number of ether oxygens (including phenoxy) is 1. The minimum Gasteiger partial charge on any atom is -0.466 e. The molecule has 5 nitrogen and oxygen atoms in total. The van der Waals surface area contributed by atoms with Gasteiger partial charge in [0, 0.05) is 11.1 Å². The number of hydrogen-bond donors (Lipinski definition) is 1. The maximum absolute atomic E-state index is 12.1. The van der Waals surface area contributed by atoms with E-state index in [0.29, 0.717) is 17.2 Å². The van der Waals surface area contributed by atoms with E-state index in [-0.39, 0.29) is 6.42 Å². The highest BCUT2D eigenvalue weighted by atomic mass is 16.5. The third kappa shape index (κ3) is 4.00. The standard InChI is InChI=1S/C21H17NO4/c1-25-20(23)21(24,13-12-16-8-4-2-5-9-16)14-18-15-22-19(26-18)17-10-6-3-7-11-17/h2-11,15,24H,14H2,1H3/t21-/m0/s1. The van der Waals surface area contributed by atoms with Crippen LogP contribution in [0.5, 0.6) is 0 Å². The molecule has 0 amide bonds. The third-order valence-electron chi connectivity index (χ3n) is 3.71. The zero-order valence-corrected chi connectivity index (χ0v) is 14.2. The Balaban J connectivity index is 1.87. The maximum atomic E-state index is 12.1. The van der Waals surface area contributed by atoms with Crippen molar-refractivity contribution in [3.8, 4) is 23.3 Å². The summed E-state index contributed by atoms with van der Waals surface area (Å²) in [6, 6.07) is 18.4. The number of esters is 1. The summed E-state index contributed by atoms with van der Waals surface area (Å²) in [6.07, 6.45) is 1.31. The molecular weight excluding hydrogens is 330 g/mol. The van der Waals surface area contributed by atoms with Crippen molar-refractivity contribution >= 4 is 5.97 Å². The quantitative estimate of drug-likeness (QED) is 0.580. The number of methoxy groups -OCH3 is 1. The molecule has 3 aromatic rings. The molecule has 1 N–H and O–H groups in total. The van der Waals surface area contributed by atoms with E-state index in [1.54, 1.807) is 12.1 Å². The Kier molecular flexibility index (Phi) is 5.16. The molecule has 0 fully saturated rings. The lowest BCUT2D eigenvalue weighted by Gasteiger charge is -2.17. The van der Waals surface area contributed by atoms with Crippen LogP contribution in [-0.2, 0) is 16.0 Å². The van der Waals surface area contributed by atoms with Gasteiger partial charge in [-0.1, -0.05) is 48.2 Å². The number of oxazole rings is 1. The van der Waals surface area contributed by atoms with Gasteiger partial charge in [0.2, 0.25) is 11.5 Å². The summed E-state index contributed by atoms with van der Waals surface area (Å²) in [6.45, 7) is 0. The second-order valence-corrected chi connectivity index (χ2v) is 5.64. The van der Waals surface area contributed by atoms with Crippen LogP contribution in [0, 0.1) is 11.8 Å². The van der Waals surface area contributed by atoms with Gasteiger partial charge in [-0.3, -0.25) is 0 Å². The van der Waals surface area contributed by atoms with Gasteiger partial charge in [-0.05, 0) is 24.3 Å². The van der Waals surface area contributed by atoms with Crippen molar-refractivity contribution in [3.05, 3.63) is 78.2 Å². The molecule has 0 unspecified atom stereocenters. The summed E-state index contributed by atoms with van der Waals surface area (Å²) in [5.74, 6) is 5.29. The first kappa shape index (κ1) is 17.5. The lowest BCUT2D eigenvalue weighted by Crippen LogP contribution is -2.40. The van der Waals surface area contributed by atoms with E-state index in [2.05, 4.69) is 16.8 Å². The number of rotatable bonds is 4. The molecular formula is C21H17NO4. The Labute approximate surface area is 151 Å². The summed E-state index contributed by atoms with van der Waals surface area (Å²) in [5, 5.41) is 10.7. The van der Waals surface area contributed by atoms with Crippen LogP contribution in [0.2, 0.25) is 0 Å². The molecule has 3 rings (SSSR count). The molecule has 0 bridgehead atoms. The Bertz CT molecular complexity index is 938. The molecule has 5 heteroatoms. The minimum atomic E-state index is -2.03. The first-order valence-electron chi connectivity index (χ1n) is 8.00. The van der Waals surface area contributed by atoms with Crippen LogP contribution < -0.4 is 0 Å². The topological polar surface area (TPSA) is 72.6 Å². The molecule has 0 spiro atoms. The number of aromatic nitrogens is 1. The van der Waals surface area contributed by atoms with Gasteiger partial charge in [0.05, 0.1) is 19.7 Å². The SMILES string of the molecule is COC(=O)[C@](O)(C#Cc1ccccc1)Cc1cnc(-c2ccccc2)o1. The van der Waals surface area contributed by atoms with E-state index < -0.39 is 11.6 Å². The van der Waals surface area contributed by atoms with Gasteiger partial charge >= 0.3 is 5.97 Å². The first-order valence-corrected chi connectivity index (χ1v) is 8.00. The second kappa shape index (κ2) is 7.68. The van der Waals surface area contributed by atoms with Crippen LogP contribution >= 0.6 is 0 Å². The first-order chi connectivity index (χ1) is 12.6. The monoisotopic (exact) mass is 347 g/mol. The molecule has 0 aliphatic rings. The highest BCUT2D eigenvalue weighted by Crippen LogP contribution is 2.22. The van der Waals surface area contributed by atoms with Crippen LogP contribution in [0.25, 0.3) is 11.5 Å². The predicted molar refractivity (Wildman–Crippen MR) is 95.9 cm³/mol. The summed E-state index contributed by atoms with van der Waals surface area (Å²) in [4.78, 5) is 16.3. The largest absolute Gasteiger partial charge is 0.466 e. The fraction of sp³-hybridized carbons (Fsp3) is 0.143. The maximum Gasteiger partial charge on any atom is 0.351 e. The zero-order valence-electron chi connectivity index (χ0n) is 14.2. The zero-order chi connectivity index (χ0) is 18.4. The molecule has 1 atom stereocenters. The van der Waals surface area contributed by atoms with Crippen molar-refractivity contribution in [3.63, 3.8) is 0 Å². The van der Waals surface area contributed by atoms with Crippen molar-refractivity contribution < 1.29 is 19.1 Å². The van der Waals surface area contributed by atoms with Gasteiger partial charge < -0.3 is 14.3 Å². The Hall–Kier alpha value is -3.36. The van der Waals surface area contributed by atoms with Crippen LogP contribution in [0.4, 0.5) is 0 Å². The Morgan fingerprint density at radius 1 is 1.15 bits per heavy atom. The Morgan fingerprint density at radius 2 is 1.81 bits per heavy atom. The second-order valence-electron chi connectivity index (χ2n) is 5.64. The average Bonchev–Trinajstić information content (AvgIpc) is 3.15. The molecule has 0 radical (unpaired) electrons. The van der Waals surface area contributed by atoms with Crippen molar-refractivity contribution in [2.45, 2.75) is 12.0 Å². The van der Waals surface area contributed by atoms with Crippen LogP contribution in [0.3, 0.4) is 0 Å². The molecule has 0 aliphatic heterocycles. The summed E-state index contributed by atoms with van der Waals surface area (Å²) < 4.78 is 10.4. The third-order valence-corrected chi connectivity index (χ3v) is 3.71. The highest BCUT2D eigenvalue weighted by Gasteiger charge is 2.37. The van der Waals surface area contributed by atoms with Gasteiger partial charge in [-0.15, -0.1) is 0 Å². The van der Waals surface area contributed by atoms with E-state index in [1.165, 1.54) is 13.3 Å². The molecule has 26 heavy (non-hydrogen) atoms. The average molecular weight is 347 g/mol. The molecule has 1 aromatic heterocycles. The van der Waals surface area contributed by atoms with Crippen molar-refractivity contribution in [2.75, 3.05) is 7.11 Å². The lowest BCUT2D eigenvalue weighted by molar-refractivity contribution is -0.156. The highest BCUT2D eigenvalue weighted by molar-refractivity contribution is 5.83. The number of benzene rings is 2. The molecule has 2 aromatic carbocycles. The van der Waals surface area contributed by atoms with Crippen molar-refractivity contribution in [1.29, 1.82) is 0 Å². The lowest BCUT2D eigenvalue weighted by atomic mass is 9.98. The van der Waals surface area contributed by atoms with E-state index in [9.17, 15) is 9.90 Å². The fourth-order valence-corrected chi connectivity index (χ4v) is 2.39. The predicted octanol–water partition coefficient (Wildman–Crippen LogP) is 2.84. The summed E-state index contributed by atoms with van der Waals surface area (Å²) >= 11 is 0. The van der Waals surface area contributed by atoms with Crippen molar-refractivity contribution in [1.82, 2.24) is 4.98 Å².